The lowest BCUT2D eigenvalue weighted by molar-refractivity contribution is 0.0746. The van der Waals surface area contributed by atoms with Crippen LogP contribution in [-0.4, -0.2) is 64.9 Å². The number of benzene rings is 2. The Morgan fingerprint density at radius 3 is 2.48 bits per heavy atom. The molecule has 2 aromatic carbocycles. The molecule has 0 saturated carbocycles. The van der Waals surface area contributed by atoms with Crippen molar-refractivity contribution in [3.63, 3.8) is 0 Å². The number of anilines is 2. The van der Waals surface area contributed by atoms with E-state index in [-0.39, 0.29) is 10.8 Å². The van der Waals surface area contributed by atoms with E-state index < -0.39 is 10.0 Å². The maximum atomic E-state index is 13.2. The van der Waals surface area contributed by atoms with Gasteiger partial charge in [-0.05, 0) is 43.7 Å². The van der Waals surface area contributed by atoms with Gasteiger partial charge in [-0.25, -0.2) is 0 Å². The molecule has 1 amide bonds. The van der Waals surface area contributed by atoms with Gasteiger partial charge in [0.15, 0.2) is 0 Å². The molecule has 1 fully saturated rings. The zero-order valence-corrected chi connectivity index (χ0v) is 20.1. The van der Waals surface area contributed by atoms with Crippen molar-refractivity contribution in [3.8, 4) is 5.75 Å². The van der Waals surface area contributed by atoms with Gasteiger partial charge in [-0.15, -0.1) is 4.40 Å². The van der Waals surface area contributed by atoms with Crippen LogP contribution in [0, 0.1) is 0 Å². The normalized spacial score (nSPS) is 17.4. The topological polar surface area (TPSA) is 82.5 Å². The highest BCUT2D eigenvalue weighted by atomic mass is 32.2. The Balaban J connectivity index is 1.53. The number of amides is 1. The molecule has 0 radical (unpaired) electrons. The first-order valence-electron chi connectivity index (χ1n) is 11.3. The van der Waals surface area contributed by atoms with Crippen molar-refractivity contribution in [1.29, 1.82) is 0 Å². The van der Waals surface area contributed by atoms with Crippen LogP contribution in [0.3, 0.4) is 0 Å². The summed E-state index contributed by atoms with van der Waals surface area (Å²) in [6, 6.07) is 12.8. The summed E-state index contributed by atoms with van der Waals surface area (Å²) in [5.41, 5.74) is 1.97. The van der Waals surface area contributed by atoms with Gasteiger partial charge in [0, 0.05) is 38.3 Å². The molecule has 0 unspecified atom stereocenters. The van der Waals surface area contributed by atoms with Crippen LogP contribution < -0.4 is 14.5 Å². The van der Waals surface area contributed by atoms with E-state index in [1.54, 1.807) is 31.1 Å². The number of carbonyl (C=O) groups excluding carboxylic acids is 1. The van der Waals surface area contributed by atoms with Gasteiger partial charge in [-0.2, -0.15) is 8.42 Å². The van der Waals surface area contributed by atoms with Crippen LogP contribution >= 0.6 is 0 Å². The van der Waals surface area contributed by atoms with Crippen LogP contribution in [-0.2, 0) is 10.0 Å². The predicted octanol–water partition coefficient (Wildman–Crippen LogP) is 3.38. The Hall–Kier alpha value is -3.07. The first kappa shape index (κ1) is 23.1. The average Bonchev–Trinajstić information content (AvgIpc) is 2.83. The largest absolute Gasteiger partial charge is 0.495 e. The number of piperazine rings is 1. The molecule has 9 heteroatoms. The number of nitrogens with zero attached hydrogens (tertiary/aromatic N) is 4. The van der Waals surface area contributed by atoms with E-state index in [0.29, 0.717) is 49.8 Å². The number of unbranched alkanes of at least 4 members (excludes halogenated alkanes) is 1. The molecule has 2 heterocycles. The number of hydrogen-bond acceptors (Lipinski definition) is 6. The number of hydrogen-bond donors (Lipinski definition) is 0. The van der Waals surface area contributed by atoms with E-state index in [1.165, 1.54) is 6.07 Å². The molecule has 2 aliphatic rings. The number of para-hydroxylation sites is 2. The molecule has 0 aromatic heterocycles. The fourth-order valence-electron chi connectivity index (χ4n) is 4.35. The molecule has 0 aliphatic carbocycles. The molecule has 4 rings (SSSR count). The lowest BCUT2D eigenvalue weighted by Gasteiger charge is -2.37. The monoisotopic (exact) mass is 470 g/mol. The number of rotatable bonds is 6. The number of carbonyl (C=O) groups is 1. The van der Waals surface area contributed by atoms with Gasteiger partial charge in [0.1, 0.15) is 16.5 Å². The van der Waals surface area contributed by atoms with Crippen molar-refractivity contribution >= 4 is 33.1 Å². The second-order valence-electron chi connectivity index (χ2n) is 8.25. The van der Waals surface area contributed by atoms with Gasteiger partial charge in [0.25, 0.3) is 15.9 Å². The zero-order chi connectivity index (χ0) is 23.6. The molecule has 0 spiro atoms. The van der Waals surface area contributed by atoms with Crippen LogP contribution in [0.1, 0.15) is 37.0 Å². The summed E-state index contributed by atoms with van der Waals surface area (Å²) in [5.74, 6) is 1.10. The first-order valence-corrected chi connectivity index (χ1v) is 12.7. The molecule has 8 nitrogen and oxygen atoms in total. The summed E-state index contributed by atoms with van der Waals surface area (Å²) < 4.78 is 34.9. The Labute approximate surface area is 195 Å². The van der Waals surface area contributed by atoms with Gasteiger partial charge in [0.2, 0.25) is 0 Å². The number of ether oxygens (including phenoxy) is 1. The Kier molecular flexibility index (Phi) is 6.60. The summed E-state index contributed by atoms with van der Waals surface area (Å²) in [6.07, 6.45) is 1.91. The highest BCUT2D eigenvalue weighted by molar-refractivity contribution is 7.90. The van der Waals surface area contributed by atoms with Crippen LogP contribution in [0.2, 0.25) is 0 Å². The van der Waals surface area contributed by atoms with Gasteiger partial charge in [0.05, 0.1) is 18.5 Å². The third-order valence-electron chi connectivity index (χ3n) is 6.15. The molecule has 176 valence electrons. The average molecular weight is 471 g/mol. The van der Waals surface area contributed by atoms with Crippen LogP contribution in [0.25, 0.3) is 0 Å². The SMILES string of the molecule is CCCCN1C(C)=NS(=O)(=O)c2cc(C(=O)N3CCN(c4ccccc4OC)CC3)ccc21. The first-order chi connectivity index (χ1) is 15.9. The number of fused-ring (bicyclic) bond motifs is 1. The third kappa shape index (κ3) is 4.55. The summed E-state index contributed by atoms with van der Waals surface area (Å²) in [5, 5.41) is 0. The molecule has 0 bridgehead atoms. The van der Waals surface area contributed by atoms with Crippen LogP contribution in [0.5, 0.6) is 5.75 Å². The van der Waals surface area contributed by atoms with Crippen molar-refractivity contribution in [2.45, 2.75) is 31.6 Å². The van der Waals surface area contributed by atoms with Crippen molar-refractivity contribution in [2.75, 3.05) is 49.6 Å². The zero-order valence-electron chi connectivity index (χ0n) is 19.3. The highest BCUT2D eigenvalue weighted by Crippen LogP contribution is 2.33. The summed E-state index contributed by atoms with van der Waals surface area (Å²) in [7, 11) is -2.18. The predicted molar refractivity (Wildman–Crippen MR) is 130 cm³/mol. The standard InChI is InChI=1S/C24H30N4O4S/c1-4-5-12-28-18(2)25-33(30,31)23-17-19(10-11-21(23)28)24(29)27-15-13-26(14-16-27)20-8-6-7-9-22(20)32-3/h6-11,17H,4-5,12-16H2,1-3H3. The molecule has 1 saturated heterocycles. The molecular formula is C24H30N4O4S. The summed E-state index contributed by atoms with van der Waals surface area (Å²) >= 11 is 0. The molecule has 0 N–H and O–H groups in total. The van der Waals surface area contributed by atoms with Gasteiger partial charge in [-0.3, -0.25) is 4.79 Å². The second kappa shape index (κ2) is 9.43. The van der Waals surface area contributed by atoms with E-state index in [9.17, 15) is 13.2 Å². The minimum Gasteiger partial charge on any atom is -0.495 e. The quantitative estimate of drug-likeness (QED) is 0.644. The number of methoxy groups -OCH3 is 1. The Morgan fingerprint density at radius 1 is 1.06 bits per heavy atom. The minimum atomic E-state index is -3.84. The maximum Gasteiger partial charge on any atom is 0.286 e. The van der Waals surface area contributed by atoms with Gasteiger partial charge < -0.3 is 19.4 Å². The molecule has 2 aromatic rings. The van der Waals surface area contributed by atoms with Crippen molar-refractivity contribution in [2.24, 2.45) is 4.40 Å². The van der Waals surface area contributed by atoms with E-state index in [0.717, 1.165) is 24.3 Å². The highest BCUT2D eigenvalue weighted by Gasteiger charge is 2.31. The molecular weight excluding hydrogens is 440 g/mol. The van der Waals surface area contributed by atoms with Crippen LogP contribution in [0.15, 0.2) is 51.8 Å². The Bertz CT molecular complexity index is 1170. The van der Waals surface area contributed by atoms with Crippen LogP contribution in [0.4, 0.5) is 11.4 Å². The molecule has 33 heavy (non-hydrogen) atoms. The lowest BCUT2D eigenvalue weighted by atomic mass is 10.1. The van der Waals surface area contributed by atoms with Crippen molar-refractivity contribution in [3.05, 3.63) is 48.0 Å². The fraction of sp³-hybridized carbons (Fsp3) is 0.417. The summed E-state index contributed by atoms with van der Waals surface area (Å²) in [4.78, 5) is 19.2. The third-order valence-corrected chi connectivity index (χ3v) is 7.53. The van der Waals surface area contributed by atoms with Crippen molar-refractivity contribution in [1.82, 2.24) is 4.90 Å². The Morgan fingerprint density at radius 2 is 1.79 bits per heavy atom. The summed E-state index contributed by atoms with van der Waals surface area (Å²) in [6.45, 7) is 6.90. The number of sulfonamides is 1. The lowest BCUT2D eigenvalue weighted by Crippen LogP contribution is -2.49. The van der Waals surface area contributed by atoms with E-state index in [2.05, 4.69) is 16.2 Å². The second-order valence-corrected chi connectivity index (χ2v) is 9.82. The van der Waals surface area contributed by atoms with E-state index in [4.69, 9.17) is 4.74 Å². The smallest absolute Gasteiger partial charge is 0.286 e. The van der Waals surface area contributed by atoms with E-state index >= 15 is 0 Å². The van der Waals surface area contributed by atoms with Gasteiger partial charge in [-0.1, -0.05) is 25.5 Å². The molecule has 0 atom stereocenters. The number of amidine groups is 1. The maximum absolute atomic E-state index is 13.2. The minimum absolute atomic E-state index is 0.0997. The fourth-order valence-corrected chi connectivity index (χ4v) is 5.61. The molecule has 2 aliphatic heterocycles. The van der Waals surface area contributed by atoms with E-state index in [1.807, 2.05) is 29.2 Å². The van der Waals surface area contributed by atoms with Gasteiger partial charge >= 0.3 is 0 Å². The van der Waals surface area contributed by atoms with Crippen molar-refractivity contribution < 1.29 is 17.9 Å².